The molecule has 30 heavy (non-hydrogen) atoms. The van der Waals surface area contributed by atoms with E-state index in [1.54, 1.807) is 9.47 Å². The standard InChI is InChI=1S/C23H27N3O3S/c1-15(27)25-14-12-17-9-5-6-10-18(17)20(25)19-21(28)24-23(30)26(22(19)29)13-11-16-7-3-2-4-8-16/h5-7,9-10,20,29H,2-4,8,11-14H2,1H3,(H,24,28,30). The predicted molar refractivity (Wildman–Crippen MR) is 118 cm³/mol. The molecule has 0 spiro atoms. The Labute approximate surface area is 180 Å². The molecule has 1 unspecified atom stereocenters. The van der Waals surface area contributed by atoms with Crippen molar-refractivity contribution in [1.29, 1.82) is 0 Å². The van der Waals surface area contributed by atoms with Crippen LogP contribution in [0.5, 0.6) is 5.88 Å². The summed E-state index contributed by atoms with van der Waals surface area (Å²) in [5, 5.41) is 11.2. The second-order valence-electron chi connectivity index (χ2n) is 8.07. The van der Waals surface area contributed by atoms with Crippen LogP contribution in [-0.2, 0) is 17.8 Å². The van der Waals surface area contributed by atoms with Gasteiger partial charge in [-0.1, -0.05) is 35.9 Å². The fraction of sp³-hybridized carbons (Fsp3) is 0.435. The van der Waals surface area contributed by atoms with E-state index in [0.29, 0.717) is 13.1 Å². The fourth-order valence-corrected chi connectivity index (χ4v) is 4.90. The van der Waals surface area contributed by atoms with Gasteiger partial charge in [-0.15, -0.1) is 0 Å². The van der Waals surface area contributed by atoms with Crippen molar-refractivity contribution in [2.75, 3.05) is 6.54 Å². The van der Waals surface area contributed by atoms with Gasteiger partial charge >= 0.3 is 0 Å². The van der Waals surface area contributed by atoms with Crippen LogP contribution in [0.2, 0.25) is 0 Å². The van der Waals surface area contributed by atoms with Crippen LogP contribution in [0.4, 0.5) is 0 Å². The zero-order valence-electron chi connectivity index (χ0n) is 17.2. The maximum absolute atomic E-state index is 13.0. The average Bonchev–Trinajstić information content (AvgIpc) is 2.74. The van der Waals surface area contributed by atoms with Crippen molar-refractivity contribution in [3.05, 3.63) is 67.7 Å². The van der Waals surface area contributed by atoms with Crippen LogP contribution in [0, 0.1) is 4.77 Å². The minimum atomic E-state index is -0.632. The van der Waals surface area contributed by atoms with Crippen molar-refractivity contribution in [2.24, 2.45) is 0 Å². The monoisotopic (exact) mass is 425 g/mol. The highest BCUT2D eigenvalue weighted by Gasteiger charge is 2.35. The highest BCUT2D eigenvalue weighted by molar-refractivity contribution is 7.71. The molecule has 1 aliphatic carbocycles. The molecule has 2 heterocycles. The predicted octanol–water partition coefficient (Wildman–Crippen LogP) is 4.00. The van der Waals surface area contributed by atoms with Crippen LogP contribution in [0.15, 0.2) is 40.7 Å². The highest BCUT2D eigenvalue weighted by atomic mass is 32.1. The second kappa shape index (κ2) is 8.60. The average molecular weight is 426 g/mol. The number of nitrogens with one attached hydrogen (secondary N) is 1. The van der Waals surface area contributed by atoms with E-state index >= 15 is 0 Å². The number of aromatic nitrogens is 2. The molecule has 1 aliphatic heterocycles. The maximum Gasteiger partial charge on any atom is 0.261 e. The molecule has 2 N–H and O–H groups in total. The zero-order valence-corrected chi connectivity index (χ0v) is 18.0. The lowest BCUT2D eigenvalue weighted by Crippen LogP contribution is -2.41. The van der Waals surface area contributed by atoms with Gasteiger partial charge in [0, 0.05) is 20.0 Å². The first-order valence-electron chi connectivity index (χ1n) is 10.6. The number of carbonyl (C=O) groups is 1. The molecular weight excluding hydrogens is 398 g/mol. The number of aromatic hydroxyl groups is 1. The van der Waals surface area contributed by atoms with Gasteiger partial charge in [-0.3, -0.25) is 19.1 Å². The topological polar surface area (TPSA) is 78.3 Å². The van der Waals surface area contributed by atoms with Crippen molar-refractivity contribution >= 4 is 18.1 Å². The van der Waals surface area contributed by atoms with Gasteiger partial charge in [0.15, 0.2) is 4.77 Å². The second-order valence-corrected chi connectivity index (χ2v) is 8.46. The lowest BCUT2D eigenvalue weighted by atomic mass is 9.88. The summed E-state index contributed by atoms with van der Waals surface area (Å²) in [6.45, 7) is 2.49. The number of aromatic amines is 1. The summed E-state index contributed by atoms with van der Waals surface area (Å²) in [5.74, 6) is -0.275. The molecule has 2 aromatic rings. The fourth-order valence-electron chi connectivity index (χ4n) is 4.63. The highest BCUT2D eigenvalue weighted by Crippen LogP contribution is 2.37. The Bertz CT molecular complexity index is 1120. The quantitative estimate of drug-likeness (QED) is 0.573. The van der Waals surface area contributed by atoms with Crippen molar-refractivity contribution in [3.8, 4) is 5.88 Å². The Morgan fingerprint density at radius 2 is 2.07 bits per heavy atom. The van der Waals surface area contributed by atoms with Crippen LogP contribution in [-0.4, -0.2) is 32.0 Å². The molecule has 158 valence electrons. The lowest BCUT2D eigenvalue weighted by molar-refractivity contribution is -0.130. The van der Waals surface area contributed by atoms with Gasteiger partial charge in [-0.25, -0.2) is 0 Å². The number of amides is 1. The molecule has 4 rings (SSSR count). The summed E-state index contributed by atoms with van der Waals surface area (Å²) >= 11 is 5.36. The Morgan fingerprint density at radius 1 is 1.27 bits per heavy atom. The van der Waals surface area contributed by atoms with E-state index in [2.05, 4.69) is 11.1 Å². The van der Waals surface area contributed by atoms with E-state index in [0.717, 1.165) is 36.8 Å². The first kappa shape index (κ1) is 20.6. The SMILES string of the molecule is CC(=O)N1CCc2ccccc2C1c1c(O)n(CCC2=CCCCC2)c(=S)[nH]c1=O. The van der Waals surface area contributed by atoms with Gasteiger partial charge in [0.1, 0.15) is 5.56 Å². The minimum Gasteiger partial charge on any atom is -0.494 e. The third kappa shape index (κ3) is 3.86. The largest absolute Gasteiger partial charge is 0.494 e. The third-order valence-electron chi connectivity index (χ3n) is 6.21. The molecule has 0 saturated heterocycles. The Balaban J connectivity index is 1.79. The molecular formula is C23H27N3O3S. The molecule has 6 nitrogen and oxygen atoms in total. The van der Waals surface area contributed by atoms with Gasteiger partial charge in [0.2, 0.25) is 11.8 Å². The summed E-state index contributed by atoms with van der Waals surface area (Å²) in [7, 11) is 0. The Hall–Kier alpha value is -2.67. The smallest absolute Gasteiger partial charge is 0.261 e. The number of benzene rings is 1. The summed E-state index contributed by atoms with van der Waals surface area (Å²) < 4.78 is 1.80. The van der Waals surface area contributed by atoms with Crippen LogP contribution in [0.1, 0.15) is 61.8 Å². The lowest BCUT2D eigenvalue weighted by Gasteiger charge is -2.37. The van der Waals surface area contributed by atoms with Crippen LogP contribution in [0.3, 0.4) is 0 Å². The number of fused-ring (bicyclic) bond motifs is 1. The molecule has 2 aliphatic rings. The summed E-state index contributed by atoms with van der Waals surface area (Å²) in [5.41, 5.74) is 3.06. The van der Waals surface area contributed by atoms with Crippen molar-refractivity contribution in [1.82, 2.24) is 14.5 Å². The summed E-state index contributed by atoms with van der Waals surface area (Å²) in [6.07, 6.45) is 8.34. The van der Waals surface area contributed by atoms with Gasteiger partial charge in [-0.2, -0.15) is 0 Å². The molecule has 1 aromatic heterocycles. The van der Waals surface area contributed by atoms with Crippen molar-refractivity contribution in [2.45, 2.75) is 58.0 Å². The number of rotatable bonds is 4. The molecule has 0 bridgehead atoms. The first-order valence-corrected chi connectivity index (χ1v) is 11.0. The van der Waals surface area contributed by atoms with Gasteiger partial charge in [-0.05, 0) is 61.9 Å². The number of hydrogen-bond donors (Lipinski definition) is 2. The number of nitrogens with zero attached hydrogens (tertiary/aromatic N) is 2. The molecule has 0 radical (unpaired) electrons. The van der Waals surface area contributed by atoms with Gasteiger partial charge in [0.05, 0.1) is 6.04 Å². The van der Waals surface area contributed by atoms with Crippen LogP contribution < -0.4 is 5.56 Å². The van der Waals surface area contributed by atoms with Crippen molar-refractivity contribution < 1.29 is 9.90 Å². The Morgan fingerprint density at radius 3 is 2.80 bits per heavy atom. The number of hydrogen-bond acceptors (Lipinski definition) is 4. The third-order valence-corrected chi connectivity index (χ3v) is 6.53. The summed E-state index contributed by atoms with van der Waals surface area (Å²) in [6, 6.07) is 7.15. The van der Waals surface area contributed by atoms with Gasteiger partial charge in [0.25, 0.3) is 5.56 Å². The van der Waals surface area contributed by atoms with E-state index in [-0.39, 0.29) is 22.1 Å². The maximum atomic E-state index is 13.0. The number of allylic oxidation sites excluding steroid dienone is 2. The zero-order chi connectivity index (χ0) is 21.3. The van der Waals surface area contributed by atoms with E-state index in [4.69, 9.17) is 12.2 Å². The van der Waals surface area contributed by atoms with E-state index in [1.165, 1.54) is 25.3 Å². The number of carbonyl (C=O) groups excluding carboxylic acids is 1. The van der Waals surface area contributed by atoms with Crippen LogP contribution >= 0.6 is 12.2 Å². The Kier molecular flexibility index (Phi) is 5.90. The molecule has 0 saturated carbocycles. The van der Waals surface area contributed by atoms with E-state index in [9.17, 15) is 14.7 Å². The van der Waals surface area contributed by atoms with Crippen molar-refractivity contribution in [3.63, 3.8) is 0 Å². The molecule has 7 heteroatoms. The minimum absolute atomic E-state index is 0.130. The molecule has 0 fully saturated rings. The van der Waals surface area contributed by atoms with E-state index in [1.807, 2.05) is 24.3 Å². The normalized spacial score (nSPS) is 18.6. The number of H-pyrrole nitrogens is 1. The molecule has 1 atom stereocenters. The molecule has 1 aromatic carbocycles. The van der Waals surface area contributed by atoms with Gasteiger partial charge < -0.3 is 10.0 Å². The summed E-state index contributed by atoms with van der Waals surface area (Å²) in [4.78, 5) is 29.7. The first-order chi connectivity index (χ1) is 14.5. The molecule has 1 amide bonds. The van der Waals surface area contributed by atoms with E-state index < -0.39 is 11.6 Å². The van der Waals surface area contributed by atoms with Crippen LogP contribution in [0.25, 0.3) is 0 Å².